The van der Waals surface area contributed by atoms with Gasteiger partial charge in [-0.05, 0) is 30.7 Å². The molecule has 0 aliphatic heterocycles. The Morgan fingerprint density at radius 1 is 1.00 bits per heavy atom. The SMILES string of the molecule is CCc1c(O)c2ccccc2n(-c2ccccc2)c1=O. The third-order valence-electron chi connectivity index (χ3n) is 3.52. The van der Waals surface area contributed by atoms with E-state index in [9.17, 15) is 9.90 Å². The number of nitrogens with zero attached hydrogens (tertiary/aromatic N) is 1. The van der Waals surface area contributed by atoms with E-state index in [1.807, 2.05) is 61.5 Å². The molecule has 1 aromatic heterocycles. The zero-order valence-electron chi connectivity index (χ0n) is 11.2. The molecule has 0 spiro atoms. The van der Waals surface area contributed by atoms with Gasteiger partial charge >= 0.3 is 0 Å². The Morgan fingerprint density at radius 3 is 2.35 bits per heavy atom. The summed E-state index contributed by atoms with van der Waals surface area (Å²) in [5.74, 6) is 0.0975. The van der Waals surface area contributed by atoms with Gasteiger partial charge in [0, 0.05) is 11.1 Å². The maximum Gasteiger partial charge on any atom is 0.262 e. The summed E-state index contributed by atoms with van der Waals surface area (Å²) < 4.78 is 1.66. The number of hydrogen-bond donors (Lipinski definition) is 1. The van der Waals surface area contributed by atoms with Crippen molar-refractivity contribution in [3.05, 3.63) is 70.5 Å². The fraction of sp³-hybridized carbons (Fsp3) is 0.118. The minimum atomic E-state index is -0.157. The van der Waals surface area contributed by atoms with E-state index in [4.69, 9.17) is 0 Å². The van der Waals surface area contributed by atoms with Gasteiger partial charge in [0.25, 0.3) is 5.56 Å². The molecule has 0 radical (unpaired) electrons. The predicted molar refractivity (Wildman–Crippen MR) is 80.6 cm³/mol. The molecule has 0 fully saturated rings. The summed E-state index contributed by atoms with van der Waals surface area (Å²) in [6.07, 6.45) is 0.502. The molecular formula is C17H15NO2. The van der Waals surface area contributed by atoms with Crippen molar-refractivity contribution < 1.29 is 5.11 Å². The third kappa shape index (κ3) is 1.79. The van der Waals surface area contributed by atoms with Gasteiger partial charge in [0.1, 0.15) is 5.75 Å². The van der Waals surface area contributed by atoms with Crippen LogP contribution in [0, 0.1) is 0 Å². The van der Waals surface area contributed by atoms with Crippen molar-refractivity contribution in [1.82, 2.24) is 4.57 Å². The van der Waals surface area contributed by atoms with Gasteiger partial charge < -0.3 is 5.11 Å². The molecule has 0 saturated heterocycles. The van der Waals surface area contributed by atoms with Crippen LogP contribution < -0.4 is 5.56 Å². The molecule has 3 rings (SSSR count). The fourth-order valence-electron chi connectivity index (χ4n) is 2.53. The minimum Gasteiger partial charge on any atom is -0.507 e. The summed E-state index contributed by atoms with van der Waals surface area (Å²) in [4.78, 5) is 12.6. The van der Waals surface area contributed by atoms with E-state index in [0.29, 0.717) is 17.4 Å². The molecule has 0 unspecified atom stereocenters. The second-order valence-electron chi connectivity index (χ2n) is 4.67. The van der Waals surface area contributed by atoms with Crippen molar-refractivity contribution in [1.29, 1.82) is 0 Å². The number of aromatic nitrogens is 1. The average molecular weight is 265 g/mol. The number of fused-ring (bicyclic) bond motifs is 1. The van der Waals surface area contributed by atoms with Gasteiger partial charge in [-0.2, -0.15) is 0 Å². The summed E-state index contributed by atoms with van der Waals surface area (Å²) >= 11 is 0. The van der Waals surface area contributed by atoms with Crippen LogP contribution in [0.25, 0.3) is 16.6 Å². The van der Waals surface area contributed by atoms with Gasteiger partial charge in [-0.3, -0.25) is 9.36 Å². The van der Waals surface area contributed by atoms with Crippen LogP contribution in [-0.2, 0) is 6.42 Å². The van der Waals surface area contributed by atoms with Crippen molar-refractivity contribution >= 4 is 10.9 Å². The summed E-state index contributed by atoms with van der Waals surface area (Å²) in [5, 5.41) is 11.0. The van der Waals surface area contributed by atoms with E-state index >= 15 is 0 Å². The van der Waals surface area contributed by atoms with E-state index < -0.39 is 0 Å². The zero-order valence-corrected chi connectivity index (χ0v) is 11.2. The van der Waals surface area contributed by atoms with Crippen molar-refractivity contribution in [3.8, 4) is 11.4 Å². The summed E-state index contributed by atoms with van der Waals surface area (Å²) in [7, 11) is 0. The summed E-state index contributed by atoms with van der Waals surface area (Å²) in [6.45, 7) is 1.88. The van der Waals surface area contributed by atoms with Gasteiger partial charge in [-0.15, -0.1) is 0 Å². The molecular weight excluding hydrogens is 250 g/mol. The maximum absolute atomic E-state index is 12.6. The Hall–Kier alpha value is -2.55. The first-order valence-electron chi connectivity index (χ1n) is 6.65. The van der Waals surface area contributed by atoms with Gasteiger partial charge in [0.05, 0.1) is 11.1 Å². The molecule has 0 saturated carbocycles. The minimum absolute atomic E-state index is 0.0975. The lowest BCUT2D eigenvalue weighted by Gasteiger charge is -2.14. The first-order chi connectivity index (χ1) is 9.74. The zero-order chi connectivity index (χ0) is 14.1. The number of para-hydroxylation sites is 2. The smallest absolute Gasteiger partial charge is 0.262 e. The molecule has 3 aromatic rings. The highest BCUT2D eigenvalue weighted by atomic mass is 16.3. The topological polar surface area (TPSA) is 42.2 Å². The Morgan fingerprint density at radius 2 is 1.65 bits per heavy atom. The molecule has 1 heterocycles. The van der Waals surface area contributed by atoms with Crippen LogP contribution in [0.3, 0.4) is 0 Å². The Bertz CT molecular complexity index is 820. The lowest BCUT2D eigenvalue weighted by atomic mass is 10.1. The van der Waals surface area contributed by atoms with Crippen LogP contribution in [-0.4, -0.2) is 9.67 Å². The Balaban J connectivity index is 2.51. The van der Waals surface area contributed by atoms with Crippen molar-refractivity contribution in [2.75, 3.05) is 0 Å². The lowest BCUT2D eigenvalue weighted by Crippen LogP contribution is -2.22. The molecule has 0 aliphatic rings. The molecule has 0 aliphatic carbocycles. The van der Waals surface area contributed by atoms with Crippen molar-refractivity contribution in [3.63, 3.8) is 0 Å². The molecule has 100 valence electrons. The van der Waals surface area contributed by atoms with Gasteiger partial charge in [0.15, 0.2) is 0 Å². The monoisotopic (exact) mass is 265 g/mol. The van der Waals surface area contributed by atoms with E-state index in [1.54, 1.807) is 4.57 Å². The molecule has 0 atom stereocenters. The quantitative estimate of drug-likeness (QED) is 0.772. The number of hydrogen-bond acceptors (Lipinski definition) is 2. The number of pyridine rings is 1. The van der Waals surface area contributed by atoms with Crippen LogP contribution in [0.1, 0.15) is 12.5 Å². The Kier molecular flexibility index (Phi) is 3.03. The van der Waals surface area contributed by atoms with E-state index in [2.05, 4.69) is 0 Å². The third-order valence-corrected chi connectivity index (χ3v) is 3.52. The average Bonchev–Trinajstić information content (AvgIpc) is 2.49. The van der Waals surface area contributed by atoms with Crippen molar-refractivity contribution in [2.45, 2.75) is 13.3 Å². The maximum atomic E-state index is 12.6. The van der Waals surface area contributed by atoms with Gasteiger partial charge in [-0.1, -0.05) is 37.3 Å². The largest absolute Gasteiger partial charge is 0.507 e. The first-order valence-corrected chi connectivity index (χ1v) is 6.65. The standard InChI is InChI=1S/C17H15NO2/c1-2-13-16(19)14-10-6-7-11-15(14)18(17(13)20)12-8-4-3-5-9-12/h3-11,19H,2H2,1H3. The van der Waals surface area contributed by atoms with Gasteiger partial charge in [-0.25, -0.2) is 0 Å². The normalized spacial score (nSPS) is 10.8. The Labute approximate surface area is 116 Å². The summed E-state index contributed by atoms with van der Waals surface area (Å²) in [5.41, 5.74) is 1.82. The molecule has 0 bridgehead atoms. The van der Waals surface area contributed by atoms with Crippen LogP contribution in [0.4, 0.5) is 0 Å². The number of benzene rings is 2. The fourth-order valence-corrected chi connectivity index (χ4v) is 2.53. The molecule has 3 nitrogen and oxygen atoms in total. The predicted octanol–water partition coefficient (Wildman–Crippen LogP) is 3.26. The molecule has 20 heavy (non-hydrogen) atoms. The van der Waals surface area contributed by atoms with Crippen LogP contribution in [0.5, 0.6) is 5.75 Å². The number of rotatable bonds is 2. The van der Waals surface area contributed by atoms with Crippen LogP contribution >= 0.6 is 0 Å². The van der Waals surface area contributed by atoms with E-state index in [1.165, 1.54) is 0 Å². The van der Waals surface area contributed by atoms with E-state index in [0.717, 1.165) is 11.2 Å². The van der Waals surface area contributed by atoms with E-state index in [-0.39, 0.29) is 11.3 Å². The second-order valence-corrected chi connectivity index (χ2v) is 4.67. The molecule has 1 N–H and O–H groups in total. The first kappa shape index (κ1) is 12.5. The highest BCUT2D eigenvalue weighted by Crippen LogP contribution is 2.27. The van der Waals surface area contributed by atoms with Crippen LogP contribution in [0.2, 0.25) is 0 Å². The number of aromatic hydroxyl groups is 1. The second kappa shape index (κ2) is 4.85. The molecule has 2 aromatic carbocycles. The lowest BCUT2D eigenvalue weighted by molar-refractivity contribution is 0.473. The molecule has 3 heteroatoms. The highest BCUT2D eigenvalue weighted by Gasteiger charge is 2.15. The highest BCUT2D eigenvalue weighted by molar-refractivity contribution is 5.87. The van der Waals surface area contributed by atoms with Crippen LogP contribution in [0.15, 0.2) is 59.4 Å². The molecule has 0 amide bonds. The summed E-state index contributed by atoms with van der Waals surface area (Å²) in [6, 6.07) is 16.9. The van der Waals surface area contributed by atoms with Crippen molar-refractivity contribution in [2.24, 2.45) is 0 Å². The van der Waals surface area contributed by atoms with Gasteiger partial charge in [0.2, 0.25) is 0 Å².